The molecule has 8 nitrogen and oxygen atoms in total. The molecule has 3 rings (SSSR count). The van der Waals surface area contributed by atoms with Crippen molar-refractivity contribution in [3.63, 3.8) is 0 Å². The van der Waals surface area contributed by atoms with Gasteiger partial charge in [0.2, 0.25) is 10.0 Å². The fourth-order valence-electron chi connectivity index (χ4n) is 2.98. The Labute approximate surface area is 168 Å². The molecule has 0 spiro atoms. The Morgan fingerprint density at radius 3 is 2.55 bits per heavy atom. The van der Waals surface area contributed by atoms with Crippen molar-refractivity contribution in [2.75, 3.05) is 13.2 Å². The quantitative estimate of drug-likeness (QED) is 0.629. The van der Waals surface area contributed by atoms with E-state index in [2.05, 4.69) is 16.1 Å². The van der Waals surface area contributed by atoms with Crippen molar-refractivity contribution in [2.24, 2.45) is 5.92 Å². The minimum Gasteiger partial charge on any atom is -0.455 e. The van der Waals surface area contributed by atoms with Crippen LogP contribution in [0, 0.1) is 17.2 Å². The minimum atomic E-state index is -3.92. The monoisotopic (exact) mass is 415 g/mol. The number of benzene rings is 2. The van der Waals surface area contributed by atoms with Crippen LogP contribution in [0.1, 0.15) is 19.8 Å². The molecule has 1 saturated carbocycles. The zero-order valence-electron chi connectivity index (χ0n) is 15.8. The van der Waals surface area contributed by atoms with Crippen LogP contribution in [0.5, 0.6) is 0 Å². The molecule has 0 unspecified atom stereocenters. The molecule has 152 valence electrons. The van der Waals surface area contributed by atoms with Crippen molar-refractivity contribution in [1.29, 1.82) is 5.26 Å². The van der Waals surface area contributed by atoms with Crippen molar-refractivity contribution in [3.05, 3.63) is 42.5 Å². The molecular weight excluding hydrogens is 394 g/mol. The maximum Gasteiger partial charge on any atom is 0.321 e. The zero-order chi connectivity index (χ0) is 21.1. The third-order valence-electron chi connectivity index (χ3n) is 4.83. The first-order chi connectivity index (χ1) is 13.7. The van der Waals surface area contributed by atoms with Gasteiger partial charge in [-0.3, -0.25) is 9.59 Å². The fourth-order valence-corrected chi connectivity index (χ4v) is 3.98. The minimum absolute atomic E-state index is 0.0240. The molecule has 9 heteroatoms. The summed E-state index contributed by atoms with van der Waals surface area (Å²) in [6.07, 6.45) is 1.72. The molecule has 0 saturated heterocycles. The van der Waals surface area contributed by atoms with E-state index < -0.39 is 40.6 Å². The molecule has 1 aliphatic carbocycles. The molecule has 1 amide bonds. The molecule has 0 bridgehead atoms. The average Bonchev–Trinajstić information content (AvgIpc) is 3.56. The maximum atomic E-state index is 12.4. The lowest BCUT2D eigenvalue weighted by atomic mass is 9.98. The highest BCUT2D eigenvalue weighted by atomic mass is 32.2. The van der Waals surface area contributed by atoms with E-state index in [1.807, 2.05) is 12.1 Å². The predicted octanol–water partition coefficient (Wildman–Crippen LogP) is 1.47. The van der Waals surface area contributed by atoms with Crippen LogP contribution in [-0.4, -0.2) is 39.0 Å². The molecule has 2 aromatic rings. The standard InChI is InChI=1S/C20H21N3O5S/c1-20(13-21,16-7-8-16)23-18(24)12-28-19(25)11-22-29(26,27)17-9-6-14-4-2-3-5-15(14)10-17/h2-6,9-10,16,22H,7-8,11-12H2,1H3,(H,23,24)/t20-/m1/s1. The molecule has 0 radical (unpaired) electrons. The second-order valence-corrected chi connectivity index (χ2v) is 8.90. The normalized spacial score (nSPS) is 15.9. The number of rotatable bonds is 8. The summed E-state index contributed by atoms with van der Waals surface area (Å²) < 4.78 is 31.8. The number of hydrogen-bond donors (Lipinski definition) is 2. The fraction of sp³-hybridized carbons (Fsp3) is 0.350. The molecule has 2 N–H and O–H groups in total. The van der Waals surface area contributed by atoms with Crippen molar-refractivity contribution in [1.82, 2.24) is 10.0 Å². The smallest absolute Gasteiger partial charge is 0.321 e. The average molecular weight is 415 g/mol. The summed E-state index contributed by atoms with van der Waals surface area (Å²) in [7, 11) is -3.92. The summed E-state index contributed by atoms with van der Waals surface area (Å²) in [5.41, 5.74) is -0.985. The Kier molecular flexibility index (Phi) is 5.86. The van der Waals surface area contributed by atoms with Gasteiger partial charge >= 0.3 is 5.97 Å². The van der Waals surface area contributed by atoms with E-state index in [1.54, 1.807) is 25.1 Å². The van der Waals surface area contributed by atoms with Crippen LogP contribution in [0.25, 0.3) is 10.8 Å². The number of amides is 1. The number of ether oxygens (including phenoxy) is 1. The van der Waals surface area contributed by atoms with Gasteiger partial charge in [-0.25, -0.2) is 8.42 Å². The molecular formula is C20H21N3O5S. The second-order valence-electron chi connectivity index (χ2n) is 7.13. The molecule has 29 heavy (non-hydrogen) atoms. The number of esters is 1. The van der Waals surface area contributed by atoms with Gasteiger partial charge in [0.05, 0.1) is 11.0 Å². The topological polar surface area (TPSA) is 125 Å². The molecule has 1 aliphatic rings. The van der Waals surface area contributed by atoms with Gasteiger partial charge in [-0.15, -0.1) is 0 Å². The van der Waals surface area contributed by atoms with E-state index in [0.717, 1.165) is 23.6 Å². The Morgan fingerprint density at radius 2 is 1.90 bits per heavy atom. The number of carbonyl (C=O) groups excluding carboxylic acids is 2. The maximum absolute atomic E-state index is 12.4. The van der Waals surface area contributed by atoms with Gasteiger partial charge in [0.1, 0.15) is 12.1 Å². The highest BCUT2D eigenvalue weighted by molar-refractivity contribution is 7.89. The number of hydrogen-bond acceptors (Lipinski definition) is 6. The van der Waals surface area contributed by atoms with Crippen LogP contribution < -0.4 is 10.0 Å². The van der Waals surface area contributed by atoms with Crippen LogP contribution in [0.2, 0.25) is 0 Å². The third kappa shape index (κ3) is 5.10. The summed E-state index contributed by atoms with van der Waals surface area (Å²) >= 11 is 0. The van der Waals surface area contributed by atoms with Gasteiger partial charge in [-0.05, 0) is 48.6 Å². The number of carbonyl (C=O) groups is 2. The number of nitrogens with one attached hydrogen (secondary N) is 2. The van der Waals surface area contributed by atoms with Gasteiger partial charge in [-0.1, -0.05) is 30.3 Å². The number of sulfonamides is 1. The summed E-state index contributed by atoms with van der Waals surface area (Å²) in [5, 5.41) is 13.4. The van der Waals surface area contributed by atoms with E-state index in [0.29, 0.717) is 0 Å². The summed E-state index contributed by atoms with van der Waals surface area (Å²) in [5.74, 6) is -1.40. The van der Waals surface area contributed by atoms with E-state index in [4.69, 9.17) is 4.74 Å². The number of nitrogens with zero attached hydrogens (tertiary/aromatic N) is 1. The second kappa shape index (κ2) is 8.19. The predicted molar refractivity (Wildman–Crippen MR) is 105 cm³/mol. The highest BCUT2D eigenvalue weighted by Crippen LogP contribution is 2.39. The Bertz CT molecular complexity index is 1090. The summed E-state index contributed by atoms with van der Waals surface area (Å²) in [4.78, 5) is 23.8. The first-order valence-corrected chi connectivity index (χ1v) is 10.6. The van der Waals surface area contributed by atoms with Crippen LogP contribution in [0.3, 0.4) is 0 Å². The summed E-state index contributed by atoms with van der Waals surface area (Å²) in [6, 6.07) is 14.0. The SMILES string of the molecule is C[C@](C#N)(NC(=O)COC(=O)CNS(=O)(=O)c1ccc2ccccc2c1)C1CC1. The van der Waals surface area contributed by atoms with Gasteiger partial charge < -0.3 is 10.1 Å². The molecule has 2 aromatic carbocycles. The molecule has 0 heterocycles. The lowest BCUT2D eigenvalue weighted by Crippen LogP contribution is -2.48. The van der Waals surface area contributed by atoms with Crippen molar-refractivity contribution in [2.45, 2.75) is 30.2 Å². The van der Waals surface area contributed by atoms with E-state index in [-0.39, 0.29) is 10.8 Å². The van der Waals surface area contributed by atoms with E-state index in [9.17, 15) is 23.3 Å². The van der Waals surface area contributed by atoms with Gasteiger partial charge in [0.15, 0.2) is 6.61 Å². The van der Waals surface area contributed by atoms with E-state index in [1.165, 1.54) is 12.1 Å². The first kappa shape index (κ1) is 20.8. The van der Waals surface area contributed by atoms with Crippen molar-refractivity contribution >= 4 is 32.7 Å². The lowest BCUT2D eigenvalue weighted by molar-refractivity contribution is -0.147. The zero-order valence-corrected chi connectivity index (χ0v) is 16.7. The Morgan fingerprint density at radius 1 is 1.21 bits per heavy atom. The number of fused-ring (bicyclic) bond motifs is 1. The van der Waals surface area contributed by atoms with Crippen LogP contribution in [0.15, 0.2) is 47.4 Å². The van der Waals surface area contributed by atoms with Gasteiger partial charge in [-0.2, -0.15) is 9.98 Å². The molecule has 0 aromatic heterocycles. The van der Waals surface area contributed by atoms with Crippen LogP contribution in [-0.2, 0) is 24.3 Å². The Hall–Kier alpha value is -2.96. The Balaban J connectivity index is 1.51. The van der Waals surface area contributed by atoms with Gasteiger partial charge in [0.25, 0.3) is 5.91 Å². The third-order valence-corrected chi connectivity index (χ3v) is 6.23. The van der Waals surface area contributed by atoms with Gasteiger partial charge in [0, 0.05) is 0 Å². The first-order valence-electron chi connectivity index (χ1n) is 9.10. The highest BCUT2D eigenvalue weighted by Gasteiger charge is 2.43. The largest absolute Gasteiger partial charge is 0.455 e. The van der Waals surface area contributed by atoms with Crippen molar-refractivity contribution < 1.29 is 22.7 Å². The van der Waals surface area contributed by atoms with Crippen LogP contribution >= 0.6 is 0 Å². The van der Waals surface area contributed by atoms with Crippen molar-refractivity contribution in [3.8, 4) is 6.07 Å². The lowest BCUT2D eigenvalue weighted by Gasteiger charge is -2.22. The summed E-state index contributed by atoms with van der Waals surface area (Å²) in [6.45, 7) is 0.434. The molecule has 1 fully saturated rings. The molecule has 1 atom stereocenters. The molecule has 0 aliphatic heterocycles. The van der Waals surface area contributed by atoms with Crippen LogP contribution in [0.4, 0.5) is 0 Å². The number of nitriles is 1. The van der Waals surface area contributed by atoms with E-state index >= 15 is 0 Å².